The van der Waals surface area contributed by atoms with Crippen molar-refractivity contribution in [2.75, 3.05) is 13.1 Å². The second-order valence-electron chi connectivity index (χ2n) is 3.59. The van der Waals surface area contributed by atoms with Crippen LogP contribution in [0.25, 0.3) is 0 Å². The molecule has 5 N–H and O–H groups in total. The minimum atomic E-state index is -1.31. The van der Waals surface area contributed by atoms with E-state index in [1.807, 2.05) is 30.3 Å². The highest BCUT2D eigenvalue weighted by Crippen LogP contribution is 2.00. The summed E-state index contributed by atoms with van der Waals surface area (Å²) in [5, 5.41) is 20.1. The zero-order chi connectivity index (χ0) is 11.1. The molecule has 1 atom stereocenters. The third kappa shape index (κ3) is 5.49. The van der Waals surface area contributed by atoms with Crippen LogP contribution >= 0.6 is 0 Å². The predicted molar refractivity (Wildman–Crippen MR) is 59.2 cm³/mol. The lowest BCUT2D eigenvalue weighted by molar-refractivity contribution is -0.0371. The molecule has 0 aliphatic heterocycles. The molecule has 1 unspecified atom stereocenters. The quantitative estimate of drug-likeness (QED) is 0.475. The van der Waals surface area contributed by atoms with Crippen LogP contribution in [-0.4, -0.2) is 35.6 Å². The van der Waals surface area contributed by atoms with Gasteiger partial charge in [-0.2, -0.15) is 0 Å². The first-order valence-corrected chi connectivity index (χ1v) is 5.05. The second kappa shape index (κ2) is 6.53. The van der Waals surface area contributed by atoms with Gasteiger partial charge in [0.25, 0.3) is 0 Å². The summed E-state index contributed by atoms with van der Waals surface area (Å²) in [7, 11) is 0. The zero-order valence-corrected chi connectivity index (χ0v) is 8.63. The SMILES string of the molecule is NC(CNCC(O)O)Cc1ccccc1. The van der Waals surface area contributed by atoms with E-state index in [1.165, 1.54) is 5.56 Å². The smallest absolute Gasteiger partial charge is 0.164 e. The van der Waals surface area contributed by atoms with Crippen molar-refractivity contribution in [3.05, 3.63) is 35.9 Å². The summed E-state index contributed by atoms with van der Waals surface area (Å²) in [6.45, 7) is 0.731. The van der Waals surface area contributed by atoms with Gasteiger partial charge in [0, 0.05) is 19.1 Å². The summed E-state index contributed by atoms with van der Waals surface area (Å²) < 4.78 is 0. The Morgan fingerprint density at radius 2 is 1.80 bits per heavy atom. The van der Waals surface area contributed by atoms with Crippen molar-refractivity contribution >= 4 is 0 Å². The third-order valence-corrected chi connectivity index (χ3v) is 2.07. The van der Waals surface area contributed by atoms with E-state index >= 15 is 0 Å². The molecule has 0 spiro atoms. The molecule has 0 saturated carbocycles. The Kier molecular flexibility index (Phi) is 5.28. The van der Waals surface area contributed by atoms with Crippen LogP contribution in [0.5, 0.6) is 0 Å². The minimum Gasteiger partial charge on any atom is -0.367 e. The fourth-order valence-corrected chi connectivity index (χ4v) is 1.39. The number of aliphatic hydroxyl groups excluding tert-OH is 1. The average Bonchev–Trinajstić information content (AvgIpc) is 2.18. The summed E-state index contributed by atoms with van der Waals surface area (Å²) >= 11 is 0. The Morgan fingerprint density at radius 3 is 2.40 bits per heavy atom. The van der Waals surface area contributed by atoms with Crippen LogP contribution in [0.2, 0.25) is 0 Å². The van der Waals surface area contributed by atoms with Crippen LogP contribution in [0.1, 0.15) is 5.56 Å². The minimum absolute atomic E-state index is 0.00819. The largest absolute Gasteiger partial charge is 0.367 e. The molecule has 4 nitrogen and oxygen atoms in total. The maximum Gasteiger partial charge on any atom is 0.164 e. The van der Waals surface area contributed by atoms with Crippen LogP contribution in [0.4, 0.5) is 0 Å². The van der Waals surface area contributed by atoms with E-state index in [4.69, 9.17) is 15.9 Å². The van der Waals surface area contributed by atoms with Crippen molar-refractivity contribution in [2.24, 2.45) is 5.73 Å². The molecule has 1 aromatic carbocycles. The van der Waals surface area contributed by atoms with Gasteiger partial charge < -0.3 is 21.3 Å². The number of aliphatic hydroxyl groups is 2. The van der Waals surface area contributed by atoms with E-state index < -0.39 is 6.29 Å². The van der Waals surface area contributed by atoms with Gasteiger partial charge in [-0.25, -0.2) is 0 Å². The molecule has 84 valence electrons. The Bertz CT molecular complexity index is 265. The maximum atomic E-state index is 8.61. The van der Waals surface area contributed by atoms with Crippen molar-refractivity contribution in [1.29, 1.82) is 0 Å². The summed E-state index contributed by atoms with van der Waals surface area (Å²) in [5.41, 5.74) is 7.06. The van der Waals surface area contributed by atoms with E-state index in [9.17, 15) is 0 Å². The summed E-state index contributed by atoms with van der Waals surface area (Å²) in [6.07, 6.45) is -0.524. The lowest BCUT2D eigenvalue weighted by Gasteiger charge is -2.13. The molecule has 0 aliphatic carbocycles. The highest BCUT2D eigenvalue weighted by molar-refractivity contribution is 5.15. The van der Waals surface area contributed by atoms with E-state index in [0.717, 1.165) is 6.42 Å². The molecule has 0 fully saturated rings. The van der Waals surface area contributed by atoms with Crippen LogP contribution in [0.15, 0.2) is 30.3 Å². The molecule has 0 bridgehead atoms. The first kappa shape index (κ1) is 12.1. The number of benzene rings is 1. The highest BCUT2D eigenvalue weighted by Gasteiger charge is 2.04. The Hall–Kier alpha value is -0.940. The van der Waals surface area contributed by atoms with E-state index in [1.54, 1.807) is 0 Å². The number of nitrogens with one attached hydrogen (secondary N) is 1. The van der Waals surface area contributed by atoms with Gasteiger partial charge in [0.2, 0.25) is 0 Å². The van der Waals surface area contributed by atoms with Crippen molar-refractivity contribution in [1.82, 2.24) is 5.32 Å². The van der Waals surface area contributed by atoms with Gasteiger partial charge in [-0.3, -0.25) is 0 Å². The summed E-state index contributed by atoms with van der Waals surface area (Å²) in [4.78, 5) is 0. The molecule has 1 rings (SSSR count). The monoisotopic (exact) mass is 210 g/mol. The van der Waals surface area contributed by atoms with Gasteiger partial charge in [-0.15, -0.1) is 0 Å². The molecule has 15 heavy (non-hydrogen) atoms. The Morgan fingerprint density at radius 1 is 1.13 bits per heavy atom. The second-order valence-corrected chi connectivity index (χ2v) is 3.59. The number of hydrogen-bond donors (Lipinski definition) is 4. The number of hydrogen-bond acceptors (Lipinski definition) is 4. The molecule has 4 heteroatoms. The van der Waals surface area contributed by atoms with Crippen molar-refractivity contribution < 1.29 is 10.2 Å². The van der Waals surface area contributed by atoms with Gasteiger partial charge in [0.05, 0.1) is 0 Å². The molecule has 0 aliphatic rings. The lowest BCUT2D eigenvalue weighted by atomic mass is 10.1. The van der Waals surface area contributed by atoms with Crippen LogP contribution in [0.3, 0.4) is 0 Å². The molecular formula is C11H18N2O2. The van der Waals surface area contributed by atoms with Crippen molar-refractivity contribution in [3.63, 3.8) is 0 Å². The molecule has 0 radical (unpaired) electrons. The molecule has 0 amide bonds. The Balaban J connectivity index is 2.21. The molecule has 0 saturated heterocycles. The standard InChI is InChI=1S/C11H18N2O2/c12-10(7-13-8-11(14)15)6-9-4-2-1-3-5-9/h1-5,10-11,13-15H,6-8,12H2. The molecule has 0 heterocycles. The van der Waals surface area contributed by atoms with Gasteiger partial charge in [-0.05, 0) is 12.0 Å². The third-order valence-electron chi connectivity index (χ3n) is 2.07. The fraction of sp³-hybridized carbons (Fsp3) is 0.455. The summed E-state index contributed by atoms with van der Waals surface area (Å²) in [6, 6.07) is 9.97. The number of rotatable bonds is 6. The molecular weight excluding hydrogens is 192 g/mol. The van der Waals surface area contributed by atoms with Crippen molar-refractivity contribution in [2.45, 2.75) is 18.8 Å². The first-order valence-electron chi connectivity index (χ1n) is 5.05. The highest BCUT2D eigenvalue weighted by atomic mass is 16.5. The van der Waals surface area contributed by atoms with Crippen LogP contribution in [-0.2, 0) is 6.42 Å². The van der Waals surface area contributed by atoms with E-state index in [0.29, 0.717) is 6.54 Å². The van der Waals surface area contributed by atoms with Gasteiger partial charge >= 0.3 is 0 Å². The first-order chi connectivity index (χ1) is 7.18. The maximum absolute atomic E-state index is 8.61. The normalized spacial score (nSPS) is 13.1. The van der Waals surface area contributed by atoms with Crippen molar-refractivity contribution in [3.8, 4) is 0 Å². The Labute approximate surface area is 89.7 Å². The van der Waals surface area contributed by atoms with Crippen LogP contribution in [0, 0.1) is 0 Å². The summed E-state index contributed by atoms with van der Waals surface area (Å²) in [5.74, 6) is 0. The van der Waals surface area contributed by atoms with E-state index in [-0.39, 0.29) is 12.6 Å². The molecule has 1 aromatic rings. The van der Waals surface area contributed by atoms with Gasteiger partial charge in [0.15, 0.2) is 6.29 Å². The van der Waals surface area contributed by atoms with Crippen LogP contribution < -0.4 is 11.1 Å². The number of nitrogens with two attached hydrogens (primary N) is 1. The zero-order valence-electron chi connectivity index (χ0n) is 8.63. The van der Waals surface area contributed by atoms with Gasteiger partial charge in [-0.1, -0.05) is 30.3 Å². The fourth-order valence-electron chi connectivity index (χ4n) is 1.39. The molecule has 0 aromatic heterocycles. The average molecular weight is 210 g/mol. The lowest BCUT2D eigenvalue weighted by Crippen LogP contribution is -2.38. The predicted octanol–water partition coefficient (Wildman–Crippen LogP) is -0.543. The van der Waals surface area contributed by atoms with E-state index in [2.05, 4.69) is 5.32 Å². The van der Waals surface area contributed by atoms with Gasteiger partial charge in [0.1, 0.15) is 0 Å². The topological polar surface area (TPSA) is 78.5 Å².